The second-order valence-electron chi connectivity index (χ2n) is 3.91. The van der Waals surface area contributed by atoms with E-state index in [4.69, 9.17) is 9.15 Å². The summed E-state index contributed by atoms with van der Waals surface area (Å²) < 4.78 is 10.7. The minimum atomic E-state index is 0.608. The highest BCUT2D eigenvalue weighted by atomic mass is 16.5. The molecule has 2 rings (SSSR count). The maximum absolute atomic E-state index is 5.47. The fourth-order valence-electron chi connectivity index (χ4n) is 1.28. The first-order valence-electron chi connectivity index (χ1n) is 5.42. The zero-order valence-corrected chi connectivity index (χ0v) is 9.03. The van der Waals surface area contributed by atoms with Crippen LogP contribution in [0.15, 0.2) is 4.42 Å². The number of rotatable bonds is 7. The molecule has 1 fully saturated rings. The molecule has 0 atom stereocenters. The molecule has 0 saturated heterocycles. The summed E-state index contributed by atoms with van der Waals surface area (Å²) in [4.78, 5) is 0. The normalized spacial score (nSPS) is 15.8. The monoisotopic (exact) mass is 211 g/mol. The lowest BCUT2D eigenvalue weighted by molar-refractivity contribution is 0.125. The molecule has 0 aromatic carbocycles. The van der Waals surface area contributed by atoms with Gasteiger partial charge in [0, 0.05) is 20.1 Å². The fraction of sp³-hybridized carbons (Fsp3) is 0.800. The molecule has 1 aliphatic rings. The Balaban J connectivity index is 1.47. The van der Waals surface area contributed by atoms with Crippen LogP contribution in [-0.2, 0) is 11.3 Å². The SMILES string of the molecule is Cc1nnc(CNCCOCC2CC2)o1. The first kappa shape index (κ1) is 10.6. The van der Waals surface area contributed by atoms with Gasteiger partial charge in [-0.05, 0) is 18.8 Å². The summed E-state index contributed by atoms with van der Waals surface area (Å²) in [6.07, 6.45) is 2.68. The third kappa shape index (κ3) is 3.97. The van der Waals surface area contributed by atoms with Crippen molar-refractivity contribution in [1.29, 1.82) is 0 Å². The average molecular weight is 211 g/mol. The minimum absolute atomic E-state index is 0.608. The lowest BCUT2D eigenvalue weighted by Crippen LogP contribution is -2.19. The van der Waals surface area contributed by atoms with E-state index in [0.29, 0.717) is 18.3 Å². The average Bonchev–Trinajstić information content (AvgIpc) is 2.95. The lowest BCUT2D eigenvalue weighted by Gasteiger charge is -2.03. The largest absolute Gasteiger partial charge is 0.424 e. The Morgan fingerprint density at radius 3 is 3.00 bits per heavy atom. The van der Waals surface area contributed by atoms with Gasteiger partial charge in [0.2, 0.25) is 11.8 Å². The number of nitrogens with zero attached hydrogens (tertiary/aromatic N) is 2. The van der Waals surface area contributed by atoms with Crippen LogP contribution in [0.4, 0.5) is 0 Å². The molecule has 0 spiro atoms. The molecule has 15 heavy (non-hydrogen) atoms. The van der Waals surface area contributed by atoms with Gasteiger partial charge < -0.3 is 14.5 Å². The Kier molecular flexibility index (Phi) is 3.69. The molecule has 0 radical (unpaired) electrons. The summed E-state index contributed by atoms with van der Waals surface area (Å²) in [6, 6.07) is 0. The highest BCUT2D eigenvalue weighted by molar-refractivity contribution is 4.77. The fourth-order valence-corrected chi connectivity index (χ4v) is 1.28. The van der Waals surface area contributed by atoms with Gasteiger partial charge in [-0.25, -0.2) is 0 Å². The van der Waals surface area contributed by atoms with E-state index < -0.39 is 0 Å². The van der Waals surface area contributed by atoms with Gasteiger partial charge in [-0.2, -0.15) is 0 Å². The van der Waals surface area contributed by atoms with E-state index >= 15 is 0 Å². The Hall–Kier alpha value is -0.940. The minimum Gasteiger partial charge on any atom is -0.424 e. The van der Waals surface area contributed by atoms with Gasteiger partial charge in [0.25, 0.3) is 0 Å². The number of aryl methyl sites for hydroxylation is 1. The summed E-state index contributed by atoms with van der Waals surface area (Å²) in [6.45, 7) is 4.90. The second-order valence-corrected chi connectivity index (χ2v) is 3.91. The van der Waals surface area contributed by atoms with E-state index in [1.807, 2.05) is 0 Å². The number of nitrogens with one attached hydrogen (secondary N) is 1. The molecule has 0 bridgehead atoms. The van der Waals surface area contributed by atoms with Crippen molar-refractivity contribution in [1.82, 2.24) is 15.5 Å². The van der Waals surface area contributed by atoms with Crippen LogP contribution in [0, 0.1) is 12.8 Å². The van der Waals surface area contributed by atoms with Gasteiger partial charge in [0.1, 0.15) is 0 Å². The molecule has 1 saturated carbocycles. The van der Waals surface area contributed by atoms with Crippen LogP contribution < -0.4 is 5.32 Å². The van der Waals surface area contributed by atoms with Gasteiger partial charge in [0.15, 0.2) is 0 Å². The Labute approximate surface area is 89.2 Å². The Bertz CT molecular complexity index is 297. The summed E-state index contributed by atoms with van der Waals surface area (Å²) in [5, 5.41) is 10.8. The number of hydrogen-bond donors (Lipinski definition) is 1. The Morgan fingerprint density at radius 2 is 2.33 bits per heavy atom. The van der Waals surface area contributed by atoms with E-state index in [2.05, 4.69) is 15.5 Å². The van der Waals surface area contributed by atoms with E-state index in [1.54, 1.807) is 6.92 Å². The number of aromatic nitrogens is 2. The highest BCUT2D eigenvalue weighted by Gasteiger charge is 2.20. The summed E-state index contributed by atoms with van der Waals surface area (Å²) in [5.41, 5.74) is 0. The third-order valence-corrected chi connectivity index (χ3v) is 2.32. The molecule has 1 heterocycles. The van der Waals surface area contributed by atoms with Crippen LogP contribution in [0.3, 0.4) is 0 Å². The van der Waals surface area contributed by atoms with Crippen LogP contribution >= 0.6 is 0 Å². The molecule has 1 aromatic heterocycles. The molecule has 1 N–H and O–H groups in total. The number of hydrogen-bond acceptors (Lipinski definition) is 5. The van der Waals surface area contributed by atoms with E-state index in [0.717, 1.165) is 25.7 Å². The summed E-state index contributed by atoms with van der Waals surface area (Å²) >= 11 is 0. The zero-order valence-electron chi connectivity index (χ0n) is 9.03. The van der Waals surface area contributed by atoms with Crippen LogP contribution in [-0.4, -0.2) is 30.0 Å². The van der Waals surface area contributed by atoms with Gasteiger partial charge >= 0.3 is 0 Å². The predicted molar refractivity (Wildman–Crippen MR) is 54.3 cm³/mol. The van der Waals surface area contributed by atoms with Crippen molar-refractivity contribution in [3.8, 4) is 0 Å². The van der Waals surface area contributed by atoms with Crippen LogP contribution in [0.25, 0.3) is 0 Å². The van der Waals surface area contributed by atoms with Crippen molar-refractivity contribution in [3.63, 3.8) is 0 Å². The highest BCUT2D eigenvalue weighted by Crippen LogP contribution is 2.28. The molecule has 1 aliphatic carbocycles. The van der Waals surface area contributed by atoms with Gasteiger partial charge in [-0.1, -0.05) is 0 Å². The predicted octanol–water partition coefficient (Wildman–Crippen LogP) is 0.894. The van der Waals surface area contributed by atoms with E-state index in [1.165, 1.54) is 12.8 Å². The molecule has 5 heteroatoms. The van der Waals surface area contributed by atoms with Gasteiger partial charge in [-0.3, -0.25) is 0 Å². The third-order valence-electron chi connectivity index (χ3n) is 2.32. The van der Waals surface area contributed by atoms with Crippen molar-refractivity contribution >= 4 is 0 Å². The lowest BCUT2D eigenvalue weighted by atomic mass is 10.5. The number of ether oxygens (including phenoxy) is 1. The topological polar surface area (TPSA) is 60.2 Å². The molecule has 5 nitrogen and oxygen atoms in total. The molecular weight excluding hydrogens is 194 g/mol. The van der Waals surface area contributed by atoms with Crippen molar-refractivity contribution in [2.24, 2.45) is 5.92 Å². The van der Waals surface area contributed by atoms with Crippen molar-refractivity contribution in [2.45, 2.75) is 26.3 Å². The maximum atomic E-state index is 5.47. The second kappa shape index (κ2) is 5.23. The van der Waals surface area contributed by atoms with Gasteiger partial charge in [-0.15, -0.1) is 10.2 Å². The van der Waals surface area contributed by atoms with Crippen molar-refractivity contribution < 1.29 is 9.15 Å². The molecular formula is C10H17N3O2. The smallest absolute Gasteiger partial charge is 0.230 e. The molecule has 1 aromatic rings. The maximum Gasteiger partial charge on any atom is 0.230 e. The summed E-state index contributed by atoms with van der Waals surface area (Å²) in [7, 11) is 0. The molecule has 0 aliphatic heterocycles. The van der Waals surface area contributed by atoms with Crippen LogP contribution in [0.2, 0.25) is 0 Å². The van der Waals surface area contributed by atoms with Gasteiger partial charge in [0.05, 0.1) is 13.2 Å². The van der Waals surface area contributed by atoms with Crippen LogP contribution in [0.5, 0.6) is 0 Å². The van der Waals surface area contributed by atoms with E-state index in [9.17, 15) is 0 Å². The zero-order chi connectivity index (χ0) is 10.5. The van der Waals surface area contributed by atoms with E-state index in [-0.39, 0.29) is 0 Å². The van der Waals surface area contributed by atoms with Crippen LogP contribution in [0.1, 0.15) is 24.6 Å². The first-order chi connectivity index (χ1) is 7.34. The molecule has 0 amide bonds. The molecule has 0 unspecified atom stereocenters. The standard InChI is InChI=1S/C10H17N3O2/c1-8-12-13-10(15-8)6-11-4-5-14-7-9-2-3-9/h9,11H,2-7H2,1H3. The Morgan fingerprint density at radius 1 is 1.47 bits per heavy atom. The van der Waals surface area contributed by atoms with Crippen molar-refractivity contribution in [3.05, 3.63) is 11.8 Å². The quantitative estimate of drug-likeness (QED) is 0.679. The first-order valence-corrected chi connectivity index (χ1v) is 5.42. The van der Waals surface area contributed by atoms with Crippen molar-refractivity contribution in [2.75, 3.05) is 19.8 Å². The molecule has 84 valence electrons. The summed E-state index contributed by atoms with van der Waals surface area (Å²) in [5.74, 6) is 2.08.